The molecule has 8 heteroatoms. The molecule has 0 aliphatic heterocycles. The molecule has 4 aliphatic carbocycles. The van der Waals surface area contributed by atoms with Crippen LogP contribution in [0.15, 0.2) is 0 Å². The van der Waals surface area contributed by atoms with E-state index in [4.69, 9.17) is 4.55 Å². The molecule has 0 aromatic heterocycles. The smallest absolute Gasteiger partial charge is 0.266 e. The molecule has 10 atom stereocenters. The predicted octanol–water partition coefficient (Wildman–Crippen LogP) is 3.40. The Balaban J connectivity index is 1.39. The highest BCUT2D eigenvalue weighted by molar-refractivity contribution is 7.85. The van der Waals surface area contributed by atoms with Gasteiger partial charge in [0, 0.05) is 13.0 Å². The van der Waals surface area contributed by atoms with Crippen molar-refractivity contribution in [2.24, 2.45) is 46.3 Å². The van der Waals surface area contributed by atoms with Crippen molar-refractivity contribution in [1.82, 2.24) is 5.32 Å². The van der Waals surface area contributed by atoms with Gasteiger partial charge in [-0.15, -0.1) is 0 Å². The fraction of sp³-hybridized carbons (Fsp3) is 0.962. The number of hydrogen-bond donors (Lipinski definition) is 4. The lowest BCUT2D eigenvalue weighted by Gasteiger charge is -2.62. The van der Waals surface area contributed by atoms with Crippen LogP contribution in [0.5, 0.6) is 0 Å². The maximum absolute atomic E-state index is 12.2. The Morgan fingerprint density at radius 1 is 1.03 bits per heavy atom. The van der Waals surface area contributed by atoms with E-state index in [9.17, 15) is 23.4 Å². The lowest BCUT2D eigenvalue weighted by molar-refractivity contribution is -0.174. The van der Waals surface area contributed by atoms with Gasteiger partial charge in [-0.2, -0.15) is 8.42 Å². The highest BCUT2D eigenvalue weighted by atomic mass is 32.2. The van der Waals surface area contributed by atoms with Crippen LogP contribution < -0.4 is 5.32 Å². The van der Waals surface area contributed by atoms with Crippen molar-refractivity contribution in [3.63, 3.8) is 0 Å². The van der Waals surface area contributed by atoms with Crippen LogP contribution in [-0.2, 0) is 14.9 Å². The first kappa shape index (κ1) is 26.4. The second kappa shape index (κ2) is 9.64. The Morgan fingerprint density at radius 3 is 2.41 bits per heavy atom. The van der Waals surface area contributed by atoms with Crippen LogP contribution in [0.2, 0.25) is 0 Å². The van der Waals surface area contributed by atoms with E-state index in [1.54, 1.807) is 0 Å². The first-order chi connectivity index (χ1) is 15.8. The molecule has 4 fully saturated rings. The van der Waals surface area contributed by atoms with Crippen molar-refractivity contribution in [2.45, 2.75) is 97.2 Å². The number of amides is 1. The molecule has 0 heterocycles. The van der Waals surface area contributed by atoms with E-state index in [0.717, 1.165) is 51.4 Å². The summed E-state index contributed by atoms with van der Waals surface area (Å²) < 4.78 is 30.5. The zero-order valence-corrected chi connectivity index (χ0v) is 21.9. The van der Waals surface area contributed by atoms with Crippen LogP contribution in [0.3, 0.4) is 0 Å². The molecule has 4 N–H and O–H groups in total. The number of rotatable bonds is 7. The molecule has 0 spiro atoms. The van der Waals surface area contributed by atoms with Crippen molar-refractivity contribution in [2.75, 3.05) is 12.3 Å². The number of hydrogen-bond acceptors (Lipinski definition) is 5. The van der Waals surface area contributed by atoms with Crippen molar-refractivity contribution >= 4 is 16.0 Å². The SMILES string of the molecule is C[C@@H](CCC(=O)NCCS(=O)(=O)O)[C@@H]1CC[C@@H]2[C@H]3[C@H](O)C[C@H]4C[C@@H](O)CC[C@@]4(C)[C@@H]3CC[C@]21C. The zero-order chi connectivity index (χ0) is 24.9. The molecule has 4 aliphatic rings. The summed E-state index contributed by atoms with van der Waals surface area (Å²) >= 11 is 0. The monoisotopic (exact) mass is 499 g/mol. The van der Waals surface area contributed by atoms with E-state index in [1.165, 1.54) is 6.42 Å². The average molecular weight is 500 g/mol. The van der Waals surface area contributed by atoms with E-state index >= 15 is 0 Å². The van der Waals surface area contributed by atoms with Crippen molar-refractivity contribution in [1.29, 1.82) is 0 Å². The standard InChI is InChI=1S/C26H45NO6S/c1-16(4-7-23(30)27-12-13-34(31,32)33)19-5-6-20-24-21(9-11-26(19,20)3)25(2)10-8-18(28)14-17(25)15-22(24)29/h16-22,24,28-29H,4-15H2,1-3H3,(H,27,30)(H,31,32,33)/t16-,17+,18-,19-,20+,21+,22+,24+,25+,26-/m0/s1. The highest BCUT2D eigenvalue weighted by Crippen LogP contribution is 2.68. The van der Waals surface area contributed by atoms with Gasteiger partial charge in [0.05, 0.1) is 18.0 Å². The summed E-state index contributed by atoms with van der Waals surface area (Å²) in [5, 5.41) is 24.2. The highest BCUT2D eigenvalue weighted by Gasteiger charge is 2.62. The third-order valence-electron chi connectivity index (χ3n) is 10.9. The Labute approximate surface area is 205 Å². The number of nitrogens with one attached hydrogen (secondary N) is 1. The fourth-order valence-corrected chi connectivity index (χ4v) is 9.50. The van der Waals surface area contributed by atoms with Crippen LogP contribution in [0, 0.1) is 46.3 Å². The Morgan fingerprint density at radius 2 is 1.71 bits per heavy atom. The summed E-state index contributed by atoms with van der Waals surface area (Å²) in [6.45, 7) is 7.05. The van der Waals surface area contributed by atoms with Gasteiger partial charge < -0.3 is 15.5 Å². The van der Waals surface area contributed by atoms with Gasteiger partial charge in [-0.05, 0) is 104 Å². The largest absolute Gasteiger partial charge is 0.393 e. The Bertz CT molecular complexity index is 863. The van der Waals surface area contributed by atoms with Gasteiger partial charge in [-0.25, -0.2) is 0 Å². The molecule has 4 saturated carbocycles. The predicted molar refractivity (Wildman–Crippen MR) is 130 cm³/mol. The van der Waals surface area contributed by atoms with Gasteiger partial charge in [0.2, 0.25) is 5.91 Å². The maximum atomic E-state index is 12.2. The minimum absolute atomic E-state index is 0.0625. The lowest BCUT2D eigenvalue weighted by atomic mass is 9.43. The number of fused-ring (bicyclic) bond motifs is 5. The number of aliphatic hydroxyl groups excluding tert-OH is 2. The van der Waals surface area contributed by atoms with Crippen LogP contribution in [0.25, 0.3) is 0 Å². The molecule has 0 bridgehead atoms. The van der Waals surface area contributed by atoms with Gasteiger partial charge in [-0.3, -0.25) is 9.35 Å². The normalized spacial score (nSPS) is 45.1. The topological polar surface area (TPSA) is 124 Å². The van der Waals surface area contributed by atoms with Gasteiger partial charge >= 0.3 is 0 Å². The van der Waals surface area contributed by atoms with Gasteiger partial charge in [-0.1, -0.05) is 20.8 Å². The van der Waals surface area contributed by atoms with E-state index in [2.05, 4.69) is 26.1 Å². The molecule has 0 aromatic carbocycles. The molecule has 196 valence electrons. The molecular weight excluding hydrogens is 454 g/mol. The van der Waals surface area contributed by atoms with Crippen molar-refractivity contribution in [3.8, 4) is 0 Å². The third kappa shape index (κ3) is 4.94. The van der Waals surface area contributed by atoms with Crippen molar-refractivity contribution in [3.05, 3.63) is 0 Å². The quantitative estimate of drug-likeness (QED) is 0.398. The lowest BCUT2D eigenvalue weighted by Crippen LogP contribution is -2.58. The van der Waals surface area contributed by atoms with Crippen LogP contribution in [-0.4, -0.2) is 53.6 Å². The minimum atomic E-state index is -4.06. The summed E-state index contributed by atoms with van der Waals surface area (Å²) in [7, 11) is -4.06. The molecule has 1 amide bonds. The summed E-state index contributed by atoms with van der Waals surface area (Å²) in [6.07, 6.45) is 8.87. The molecule has 7 nitrogen and oxygen atoms in total. The van der Waals surface area contributed by atoms with Crippen LogP contribution in [0.1, 0.15) is 85.0 Å². The maximum Gasteiger partial charge on any atom is 0.266 e. The van der Waals surface area contributed by atoms with Gasteiger partial charge in [0.25, 0.3) is 10.1 Å². The molecule has 0 aromatic rings. The molecule has 34 heavy (non-hydrogen) atoms. The van der Waals surface area contributed by atoms with E-state index < -0.39 is 15.9 Å². The van der Waals surface area contributed by atoms with Gasteiger partial charge in [0.15, 0.2) is 0 Å². The number of carbonyl (C=O) groups is 1. The summed E-state index contributed by atoms with van der Waals surface area (Å²) in [6, 6.07) is 0. The Hall–Kier alpha value is -0.700. The molecule has 0 radical (unpaired) electrons. The van der Waals surface area contributed by atoms with Crippen molar-refractivity contribution < 1.29 is 28.0 Å². The minimum Gasteiger partial charge on any atom is -0.393 e. The first-order valence-electron chi connectivity index (χ1n) is 13.4. The van der Waals surface area contributed by atoms with E-state index in [0.29, 0.717) is 41.9 Å². The molecule has 0 saturated heterocycles. The molecule has 0 unspecified atom stereocenters. The molecular formula is C26H45NO6S. The second-order valence-corrected chi connectivity index (χ2v) is 14.2. The zero-order valence-electron chi connectivity index (χ0n) is 21.1. The third-order valence-corrected chi connectivity index (χ3v) is 11.6. The first-order valence-corrected chi connectivity index (χ1v) is 15.0. The van der Waals surface area contributed by atoms with Crippen LogP contribution >= 0.6 is 0 Å². The summed E-state index contributed by atoms with van der Waals surface area (Å²) in [4.78, 5) is 12.2. The summed E-state index contributed by atoms with van der Waals surface area (Å²) in [5.41, 5.74) is 0.411. The van der Waals surface area contributed by atoms with E-state index in [-0.39, 0.29) is 35.5 Å². The summed E-state index contributed by atoms with van der Waals surface area (Å²) in [5.74, 6) is 2.10. The number of aliphatic hydroxyl groups is 2. The second-order valence-electron chi connectivity index (χ2n) is 12.6. The van der Waals surface area contributed by atoms with Crippen LogP contribution in [0.4, 0.5) is 0 Å². The number of carbonyl (C=O) groups excluding carboxylic acids is 1. The fourth-order valence-electron chi connectivity index (χ4n) is 9.14. The molecule has 4 rings (SSSR count). The van der Waals surface area contributed by atoms with E-state index in [1.807, 2.05) is 0 Å². The van der Waals surface area contributed by atoms with Gasteiger partial charge in [0.1, 0.15) is 0 Å². The Kier molecular flexibility index (Phi) is 7.47. The average Bonchev–Trinajstić information content (AvgIpc) is 3.09.